The van der Waals surface area contributed by atoms with Gasteiger partial charge in [0.2, 0.25) is 0 Å². The van der Waals surface area contributed by atoms with Gasteiger partial charge in [0.25, 0.3) is 0 Å². The van der Waals surface area contributed by atoms with E-state index in [1.807, 2.05) is 6.07 Å². The molecule has 0 spiro atoms. The van der Waals surface area contributed by atoms with E-state index in [2.05, 4.69) is 16.9 Å². The van der Waals surface area contributed by atoms with Crippen LogP contribution in [0.25, 0.3) is 0 Å². The van der Waals surface area contributed by atoms with Crippen LogP contribution in [0.3, 0.4) is 0 Å². The predicted octanol–water partition coefficient (Wildman–Crippen LogP) is 1.85. The molecule has 2 nitrogen and oxygen atoms in total. The molecule has 1 rings (SSSR count). The highest BCUT2D eigenvalue weighted by Crippen LogP contribution is 1.91. The molecule has 10 heavy (non-hydrogen) atoms. The molecule has 0 aromatic carbocycles. The van der Waals surface area contributed by atoms with Gasteiger partial charge in [0.15, 0.2) is 0 Å². The fourth-order valence-corrected chi connectivity index (χ4v) is 0.683. The van der Waals surface area contributed by atoms with Crippen LogP contribution in [0.15, 0.2) is 18.5 Å². The maximum Gasteiger partial charge on any atom is 0.128 e. The molecule has 0 saturated heterocycles. The number of aryl methyl sites for hydroxylation is 1. The number of nitrogens with zero attached hydrogens (tertiary/aromatic N) is 2. The minimum absolute atomic E-state index is 0. The Morgan fingerprint density at radius 3 is 2.40 bits per heavy atom. The lowest BCUT2D eigenvalue weighted by Crippen LogP contribution is -1.90. The summed E-state index contributed by atoms with van der Waals surface area (Å²) in [6.07, 6.45) is 5.65. The Balaban J connectivity index is 0.000000810. The van der Waals surface area contributed by atoms with Crippen LogP contribution in [0.5, 0.6) is 0 Å². The summed E-state index contributed by atoms with van der Waals surface area (Å²) in [5.41, 5.74) is 0. The van der Waals surface area contributed by atoms with E-state index < -0.39 is 0 Å². The van der Waals surface area contributed by atoms with Gasteiger partial charge in [-0.1, -0.05) is 6.92 Å². The van der Waals surface area contributed by atoms with Gasteiger partial charge < -0.3 is 0 Å². The molecule has 0 radical (unpaired) electrons. The Hall–Kier alpha value is -0.630. The molecule has 0 N–H and O–H groups in total. The predicted molar refractivity (Wildman–Crippen MR) is 43.3 cm³/mol. The fourth-order valence-electron chi connectivity index (χ4n) is 0.683. The molecule has 0 aliphatic rings. The zero-order valence-electron chi connectivity index (χ0n) is 5.95. The molecular formula is C7H11ClN2. The zero-order valence-corrected chi connectivity index (χ0v) is 6.77. The number of halogens is 1. The van der Waals surface area contributed by atoms with Crippen LogP contribution >= 0.6 is 12.4 Å². The second-order valence-electron chi connectivity index (χ2n) is 1.92. The Kier molecular flexibility index (Phi) is 4.85. The second kappa shape index (κ2) is 5.18. The van der Waals surface area contributed by atoms with Gasteiger partial charge in [-0.3, -0.25) is 0 Å². The molecule has 0 atom stereocenters. The smallest absolute Gasteiger partial charge is 0.128 e. The van der Waals surface area contributed by atoms with Gasteiger partial charge in [0.1, 0.15) is 5.82 Å². The maximum atomic E-state index is 4.06. The normalized spacial score (nSPS) is 8.50. The minimum Gasteiger partial charge on any atom is -0.241 e. The highest BCUT2D eigenvalue weighted by atomic mass is 35.5. The number of hydrogen-bond donors (Lipinski definition) is 0. The maximum absolute atomic E-state index is 4.06. The molecular weight excluding hydrogens is 148 g/mol. The second-order valence-corrected chi connectivity index (χ2v) is 1.92. The zero-order chi connectivity index (χ0) is 6.53. The first-order valence-corrected chi connectivity index (χ1v) is 3.19. The number of rotatable bonds is 2. The molecule has 3 heteroatoms. The standard InChI is InChI=1S/C7H10N2.ClH/c1-2-4-7-8-5-3-6-9-7;/h3,5-6H,2,4H2,1H3;1H. The quantitative estimate of drug-likeness (QED) is 0.657. The van der Waals surface area contributed by atoms with E-state index in [1.165, 1.54) is 0 Å². The number of hydrogen-bond acceptors (Lipinski definition) is 2. The van der Waals surface area contributed by atoms with E-state index in [-0.39, 0.29) is 12.4 Å². The first kappa shape index (κ1) is 9.37. The summed E-state index contributed by atoms with van der Waals surface area (Å²) in [6, 6.07) is 1.83. The lowest BCUT2D eigenvalue weighted by Gasteiger charge is -1.91. The Morgan fingerprint density at radius 2 is 1.90 bits per heavy atom. The average molecular weight is 159 g/mol. The van der Waals surface area contributed by atoms with Gasteiger partial charge in [-0.2, -0.15) is 0 Å². The Labute approximate surface area is 67.1 Å². The summed E-state index contributed by atoms with van der Waals surface area (Å²) in [5.74, 6) is 0.944. The Bertz CT molecular complexity index is 165. The van der Waals surface area contributed by atoms with Crippen molar-refractivity contribution in [2.45, 2.75) is 19.8 Å². The van der Waals surface area contributed by atoms with Crippen molar-refractivity contribution in [1.29, 1.82) is 0 Å². The van der Waals surface area contributed by atoms with Crippen molar-refractivity contribution in [3.8, 4) is 0 Å². The SMILES string of the molecule is CCCc1ncccn1.Cl. The molecule has 1 aromatic rings. The lowest BCUT2D eigenvalue weighted by atomic mass is 10.3. The van der Waals surface area contributed by atoms with E-state index in [4.69, 9.17) is 0 Å². The van der Waals surface area contributed by atoms with Crippen molar-refractivity contribution in [2.75, 3.05) is 0 Å². The van der Waals surface area contributed by atoms with Crippen molar-refractivity contribution in [2.24, 2.45) is 0 Å². The van der Waals surface area contributed by atoms with E-state index in [9.17, 15) is 0 Å². The van der Waals surface area contributed by atoms with Crippen LogP contribution in [-0.2, 0) is 6.42 Å². The van der Waals surface area contributed by atoms with Crippen molar-refractivity contribution < 1.29 is 0 Å². The molecule has 0 amide bonds. The molecule has 1 aromatic heterocycles. The minimum atomic E-state index is 0. The summed E-state index contributed by atoms with van der Waals surface area (Å²) < 4.78 is 0. The van der Waals surface area contributed by atoms with Crippen molar-refractivity contribution in [3.63, 3.8) is 0 Å². The van der Waals surface area contributed by atoms with E-state index >= 15 is 0 Å². The highest BCUT2D eigenvalue weighted by Gasteiger charge is 1.88. The van der Waals surface area contributed by atoms with Gasteiger partial charge in [-0.15, -0.1) is 12.4 Å². The third kappa shape index (κ3) is 2.78. The molecule has 0 fully saturated rings. The summed E-state index contributed by atoms with van der Waals surface area (Å²) >= 11 is 0. The molecule has 56 valence electrons. The summed E-state index contributed by atoms with van der Waals surface area (Å²) in [6.45, 7) is 2.12. The third-order valence-corrected chi connectivity index (χ3v) is 1.09. The highest BCUT2D eigenvalue weighted by molar-refractivity contribution is 5.85. The van der Waals surface area contributed by atoms with Crippen LogP contribution in [-0.4, -0.2) is 9.97 Å². The van der Waals surface area contributed by atoms with Gasteiger partial charge in [-0.25, -0.2) is 9.97 Å². The van der Waals surface area contributed by atoms with Crippen LogP contribution in [0.4, 0.5) is 0 Å². The Morgan fingerprint density at radius 1 is 1.30 bits per heavy atom. The van der Waals surface area contributed by atoms with Crippen molar-refractivity contribution >= 4 is 12.4 Å². The van der Waals surface area contributed by atoms with E-state index in [0.717, 1.165) is 18.7 Å². The van der Waals surface area contributed by atoms with Gasteiger partial charge in [-0.05, 0) is 12.5 Å². The molecule has 0 aliphatic heterocycles. The first-order chi connectivity index (χ1) is 4.43. The average Bonchev–Trinajstić information content (AvgIpc) is 1.91. The van der Waals surface area contributed by atoms with Gasteiger partial charge in [0, 0.05) is 18.8 Å². The first-order valence-electron chi connectivity index (χ1n) is 3.19. The van der Waals surface area contributed by atoms with Crippen LogP contribution < -0.4 is 0 Å². The lowest BCUT2D eigenvalue weighted by molar-refractivity contribution is 0.834. The summed E-state index contributed by atoms with van der Waals surface area (Å²) in [5, 5.41) is 0. The van der Waals surface area contributed by atoms with Gasteiger partial charge >= 0.3 is 0 Å². The van der Waals surface area contributed by atoms with Crippen LogP contribution in [0.1, 0.15) is 19.2 Å². The molecule has 0 bridgehead atoms. The van der Waals surface area contributed by atoms with Crippen LogP contribution in [0.2, 0.25) is 0 Å². The summed E-state index contributed by atoms with van der Waals surface area (Å²) in [7, 11) is 0. The molecule has 0 aliphatic carbocycles. The van der Waals surface area contributed by atoms with Crippen molar-refractivity contribution in [1.82, 2.24) is 9.97 Å². The molecule has 0 saturated carbocycles. The monoisotopic (exact) mass is 158 g/mol. The topological polar surface area (TPSA) is 25.8 Å². The summed E-state index contributed by atoms with van der Waals surface area (Å²) in [4.78, 5) is 8.11. The number of aromatic nitrogens is 2. The van der Waals surface area contributed by atoms with Crippen molar-refractivity contribution in [3.05, 3.63) is 24.3 Å². The molecule has 1 heterocycles. The largest absolute Gasteiger partial charge is 0.241 e. The van der Waals surface area contributed by atoms with Gasteiger partial charge in [0.05, 0.1) is 0 Å². The fraction of sp³-hybridized carbons (Fsp3) is 0.429. The van der Waals surface area contributed by atoms with E-state index in [1.54, 1.807) is 12.4 Å². The van der Waals surface area contributed by atoms with E-state index in [0.29, 0.717) is 0 Å². The van der Waals surface area contributed by atoms with Crippen LogP contribution in [0, 0.1) is 0 Å². The third-order valence-electron chi connectivity index (χ3n) is 1.09. The molecule has 0 unspecified atom stereocenters.